The summed E-state index contributed by atoms with van der Waals surface area (Å²) in [4.78, 5) is 23.7. The monoisotopic (exact) mass is 369 g/mol. The van der Waals surface area contributed by atoms with Crippen molar-refractivity contribution in [1.82, 2.24) is 19.4 Å². The lowest BCUT2D eigenvalue weighted by Crippen LogP contribution is -2.28. The van der Waals surface area contributed by atoms with Crippen LogP contribution in [0.25, 0.3) is 11.3 Å². The molecule has 138 valence electrons. The number of nitriles is 1. The molecule has 1 aromatic carbocycles. The second kappa shape index (κ2) is 6.61. The maximum atomic E-state index is 12.9. The van der Waals surface area contributed by atoms with Crippen molar-refractivity contribution in [3.63, 3.8) is 0 Å². The molecule has 1 fully saturated rings. The van der Waals surface area contributed by atoms with E-state index in [0.717, 1.165) is 36.6 Å². The molecule has 2 aliphatic heterocycles. The molecule has 28 heavy (non-hydrogen) atoms. The molecule has 0 bridgehead atoms. The predicted molar refractivity (Wildman–Crippen MR) is 103 cm³/mol. The van der Waals surface area contributed by atoms with Gasteiger partial charge in [-0.05, 0) is 48.7 Å². The van der Waals surface area contributed by atoms with E-state index in [1.807, 2.05) is 23.2 Å². The summed E-state index contributed by atoms with van der Waals surface area (Å²) in [6.45, 7) is 2.38. The van der Waals surface area contributed by atoms with E-state index in [-0.39, 0.29) is 11.8 Å². The van der Waals surface area contributed by atoms with E-state index in [0.29, 0.717) is 23.6 Å². The van der Waals surface area contributed by atoms with Gasteiger partial charge in [-0.1, -0.05) is 0 Å². The van der Waals surface area contributed by atoms with Gasteiger partial charge in [0.25, 0.3) is 5.91 Å². The van der Waals surface area contributed by atoms with E-state index in [1.165, 1.54) is 0 Å². The molecule has 6 heteroatoms. The number of benzene rings is 1. The quantitative estimate of drug-likeness (QED) is 0.696. The zero-order chi connectivity index (χ0) is 19.1. The molecule has 3 aromatic rings. The van der Waals surface area contributed by atoms with Crippen molar-refractivity contribution < 1.29 is 4.79 Å². The van der Waals surface area contributed by atoms with Crippen molar-refractivity contribution >= 4 is 5.91 Å². The summed E-state index contributed by atoms with van der Waals surface area (Å²) >= 11 is 0. The average Bonchev–Trinajstić information content (AvgIpc) is 3.38. The minimum Gasteiger partial charge on any atom is -0.338 e. The number of rotatable bonds is 2. The van der Waals surface area contributed by atoms with E-state index in [9.17, 15) is 4.79 Å². The third kappa shape index (κ3) is 2.67. The van der Waals surface area contributed by atoms with E-state index in [2.05, 4.69) is 15.6 Å². The Kier molecular flexibility index (Phi) is 3.94. The highest BCUT2D eigenvalue weighted by molar-refractivity contribution is 5.94. The van der Waals surface area contributed by atoms with Gasteiger partial charge in [0.1, 0.15) is 5.82 Å². The molecule has 0 aliphatic carbocycles. The number of hydrogen-bond donors (Lipinski definition) is 0. The third-order valence-electron chi connectivity index (χ3n) is 5.91. The standard InChI is InChI=1S/C22H19N5O/c23-11-15-1-3-17(4-2-15)22(28)26-13-18-7-10-27-20(16-5-8-24-9-6-16)12-25-21(27)19(18)14-26/h1-6,8-9,12,18-19H,7,10,13-14H2/t18-,19+/m1/s1. The highest BCUT2D eigenvalue weighted by Crippen LogP contribution is 2.40. The molecule has 1 amide bonds. The van der Waals surface area contributed by atoms with Gasteiger partial charge in [-0.3, -0.25) is 9.78 Å². The number of fused-ring (bicyclic) bond motifs is 3. The lowest BCUT2D eigenvalue weighted by Gasteiger charge is -2.26. The molecule has 6 nitrogen and oxygen atoms in total. The van der Waals surface area contributed by atoms with Crippen molar-refractivity contribution in [3.8, 4) is 17.3 Å². The van der Waals surface area contributed by atoms with E-state index in [4.69, 9.17) is 10.2 Å². The van der Waals surface area contributed by atoms with Crippen LogP contribution in [0.3, 0.4) is 0 Å². The molecule has 0 spiro atoms. The Labute approximate surface area is 163 Å². The predicted octanol–water partition coefficient (Wildman–Crippen LogP) is 3.08. The van der Waals surface area contributed by atoms with Crippen LogP contribution >= 0.6 is 0 Å². The molecule has 2 atom stereocenters. The molecular weight excluding hydrogens is 350 g/mol. The molecule has 2 aromatic heterocycles. The van der Waals surface area contributed by atoms with Crippen molar-refractivity contribution in [3.05, 3.63) is 71.9 Å². The molecule has 0 radical (unpaired) electrons. The lowest BCUT2D eigenvalue weighted by atomic mass is 9.89. The highest BCUT2D eigenvalue weighted by atomic mass is 16.2. The van der Waals surface area contributed by atoms with Crippen LogP contribution < -0.4 is 0 Å². The molecule has 1 saturated heterocycles. The highest BCUT2D eigenvalue weighted by Gasteiger charge is 2.41. The molecule has 2 aliphatic rings. The average molecular weight is 369 g/mol. The van der Waals surface area contributed by atoms with Crippen molar-refractivity contribution in [1.29, 1.82) is 5.26 Å². The fourth-order valence-electron chi connectivity index (χ4n) is 4.46. The first-order chi connectivity index (χ1) is 13.7. The normalized spacial score (nSPS) is 20.3. The van der Waals surface area contributed by atoms with Crippen LogP contribution in [-0.2, 0) is 6.54 Å². The van der Waals surface area contributed by atoms with Crippen LogP contribution in [0.1, 0.15) is 34.1 Å². The number of imidazole rings is 1. The number of pyridine rings is 1. The summed E-state index contributed by atoms with van der Waals surface area (Å²) in [6.07, 6.45) is 6.59. The van der Waals surface area contributed by atoms with E-state index < -0.39 is 0 Å². The Morgan fingerprint density at radius 2 is 1.89 bits per heavy atom. The second-order valence-electron chi connectivity index (χ2n) is 7.44. The number of carbonyl (C=O) groups excluding carboxylic acids is 1. The SMILES string of the molecule is N#Cc1ccc(C(=O)N2C[C@H]3CCn4c(-c5ccncc5)cnc4[C@H]3C2)cc1. The minimum atomic E-state index is 0.0337. The van der Waals surface area contributed by atoms with Crippen LogP contribution in [0, 0.1) is 17.2 Å². The molecule has 4 heterocycles. The first-order valence-corrected chi connectivity index (χ1v) is 9.50. The molecule has 5 rings (SSSR count). The first-order valence-electron chi connectivity index (χ1n) is 9.50. The number of likely N-dealkylation sites (tertiary alicyclic amines) is 1. The lowest BCUT2D eigenvalue weighted by molar-refractivity contribution is 0.0786. The Morgan fingerprint density at radius 3 is 2.64 bits per heavy atom. The third-order valence-corrected chi connectivity index (χ3v) is 5.91. The van der Waals surface area contributed by atoms with Gasteiger partial charge in [-0.2, -0.15) is 5.26 Å². The van der Waals surface area contributed by atoms with Gasteiger partial charge >= 0.3 is 0 Å². The number of amides is 1. The largest absolute Gasteiger partial charge is 0.338 e. The van der Waals surface area contributed by atoms with Gasteiger partial charge < -0.3 is 9.47 Å². The fourth-order valence-corrected chi connectivity index (χ4v) is 4.46. The Bertz CT molecular complexity index is 1060. The number of hydrogen-bond acceptors (Lipinski definition) is 4. The smallest absolute Gasteiger partial charge is 0.253 e. The molecular formula is C22H19N5O. The number of nitrogens with zero attached hydrogens (tertiary/aromatic N) is 5. The minimum absolute atomic E-state index is 0.0337. The summed E-state index contributed by atoms with van der Waals surface area (Å²) in [5, 5.41) is 8.94. The maximum Gasteiger partial charge on any atom is 0.253 e. The van der Waals surface area contributed by atoms with Gasteiger partial charge in [0.2, 0.25) is 0 Å². The summed E-state index contributed by atoms with van der Waals surface area (Å²) in [5.41, 5.74) is 3.44. The zero-order valence-electron chi connectivity index (χ0n) is 15.3. The fraction of sp³-hybridized carbons (Fsp3) is 0.273. The Morgan fingerprint density at radius 1 is 1.11 bits per heavy atom. The van der Waals surface area contributed by atoms with Crippen LogP contribution in [0.2, 0.25) is 0 Å². The topological polar surface area (TPSA) is 74.8 Å². The zero-order valence-corrected chi connectivity index (χ0v) is 15.3. The second-order valence-corrected chi connectivity index (χ2v) is 7.44. The van der Waals surface area contributed by atoms with E-state index >= 15 is 0 Å². The van der Waals surface area contributed by atoms with Crippen LogP contribution in [0.5, 0.6) is 0 Å². The van der Waals surface area contributed by atoms with Crippen molar-refractivity contribution in [2.75, 3.05) is 13.1 Å². The van der Waals surface area contributed by atoms with Crippen molar-refractivity contribution in [2.45, 2.75) is 18.9 Å². The maximum absolute atomic E-state index is 12.9. The Balaban J connectivity index is 1.40. The summed E-state index contributed by atoms with van der Waals surface area (Å²) in [7, 11) is 0. The van der Waals surface area contributed by atoms with Crippen LogP contribution in [0.15, 0.2) is 55.0 Å². The molecule has 0 unspecified atom stereocenters. The summed E-state index contributed by atoms with van der Waals surface area (Å²) < 4.78 is 2.30. The van der Waals surface area contributed by atoms with Crippen LogP contribution in [-0.4, -0.2) is 38.4 Å². The number of aromatic nitrogens is 3. The molecule has 0 saturated carbocycles. The first kappa shape index (κ1) is 16.7. The van der Waals surface area contributed by atoms with Gasteiger partial charge in [0, 0.05) is 49.1 Å². The van der Waals surface area contributed by atoms with E-state index in [1.54, 1.807) is 36.7 Å². The number of carbonyl (C=O) groups is 1. The van der Waals surface area contributed by atoms with Crippen molar-refractivity contribution in [2.24, 2.45) is 5.92 Å². The van der Waals surface area contributed by atoms with Gasteiger partial charge in [-0.25, -0.2) is 4.98 Å². The Hall–Kier alpha value is -3.46. The van der Waals surface area contributed by atoms with Crippen LogP contribution in [0.4, 0.5) is 0 Å². The summed E-state index contributed by atoms with van der Waals surface area (Å²) in [5.74, 6) is 1.83. The van der Waals surface area contributed by atoms with Gasteiger partial charge in [-0.15, -0.1) is 0 Å². The van der Waals surface area contributed by atoms with Gasteiger partial charge in [0.15, 0.2) is 0 Å². The summed E-state index contributed by atoms with van der Waals surface area (Å²) in [6, 6.07) is 13.0. The molecule has 0 N–H and O–H groups in total. The van der Waals surface area contributed by atoms with Gasteiger partial charge in [0.05, 0.1) is 23.5 Å².